The summed E-state index contributed by atoms with van der Waals surface area (Å²) in [6, 6.07) is 9.15. The molecule has 1 unspecified atom stereocenters. The SMILES string of the molecule is Cc1ccc(C(C)NS(=O)(=O)c2ccc(F)cc2C)cc1C. The fourth-order valence-corrected chi connectivity index (χ4v) is 3.77. The van der Waals surface area contributed by atoms with Crippen LogP contribution < -0.4 is 4.72 Å². The summed E-state index contributed by atoms with van der Waals surface area (Å²) in [4.78, 5) is 0.101. The Balaban J connectivity index is 2.29. The van der Waals surface area contributed by atoms with Crippen molar-refractivity contribution in [2.24, 2.45) is 0 Å². The third kappa shape index (κ3) is 3.54. The first-order chi connectivity index (χ1) is 10.2. The third-order valence-corrected chi connectivity index (χ3v) is 5.49. The lowest BCUT2D eigenvalue weighted by Crippen LogP contribution is -2.27. The molecule has 1 atom stereocenters. The first-order valence-corrected chi connectivity index (χ1v) is 8.54. The average Bonchev–Trinajstić information content (AvgIpc) is 2.40. The summed E-state index contributed by atoms with van der Waals surface area (Å²) in [5.41, 5.74) is 3.56. The van der Waals surface area contributed by atoms with Crippen LogP contribution in [0.5, 0.6) is 0 Å². The topological polar surface area (TPSA) is 46.2 Å². The quantitative estimate of drug-likeness (QED) is 0.931. The number of hydrogen-bond acceptors (Lipinski definition) is 2. The van der Waals surface area contributed by atoms with Gasteiger partial charge in [-0.1, -0.05) is 18.2 Å². The molecule has 1 N–H and O–H groups in total. The van der Waals surface area contributed by atoms with E-state index in [2.05, 4.69) is 4.72 Å². The van der Waals surface area contributed by atoms with Crippen LogP contribution in [-0.4, -0.2) is 8.42 Å². The standard InChI is InChI=1S/C17H20FNO2S/c1-11-5-6-15(9-12(11)2)14(4)19-22(20,21)17-8-7-16(18)10-13(17)3/h5-10,14,19H,1-4H3. The summed E-state index contributed by atoms with van der Waals surface area (Å²) in [7, 11) is -3.69. The van der Waals surface area contributed by atoms with E-state index >= 15 is 0 Å². The van der Waals surface area contributed by atoms with Gasteiger partial charge in [0.15, 0.2) is 0 Å². The lowest BCUT2D eigenvalue weighted by molar-refractivity contribution is 0.565. The molecule has 0 aliphatic carbocycles. The fraction of sp³-hybridized carbons (Fsp3) is 0.294. The molecule has 0 fully saturated rings. The van der Waals surface area contributed by atoms with Gasteiger partial charge in [-0.05, 0) is 68.1 Å². The largest absolute Gasteiger partial charge is 0.241 e. The molecular weight excluding hydrogens is 301 g/mol. The van der Waals surface area contributed by atoms with Crippen LogP contribution in [0.3, 0.4) is 0 Å². The number of aryl methyl sites for hydroxylation is 3. The molecule has 22 heavy (non-hydrogen) atoms. The molecule has 0 aromatic heterocycles. The van der Waals surface area contributed by atoms with Gasteiger partial charge in [0.25, 0.3) is 0 Å². The Morgan fingerprint density at radius 2 is 1.64 bits per heavy atom. The molecule has 0 spiro atoms. The molecule has 0 heterocycles. The predicted octanol–water partition coefficient (Wildman–Crippen LogP) is 3.79. The number of rotatable bonds is 4. The Bertz CT molecular complexity index is 800. The van der Waals surface area contributed by atoms with E-state index in [9.17, 15) is 12.8 Å². The van der Waals surface area contributed by atoms with Crippen molar-refractivity contribution in [3.8, 4) is 0 Å². The van der Waals surface area contributed by atoms with Gasteiger partial charge in [-0.25, -0.2) is 17.5 Å². The predicted molar refractivity (Wildman–Crippen MR) is 85.8 cm³/mol. The summed E-state index contributed by atoms with van der Waals surface area (Å²) in [6.07, 6.45) is 0. The van der Waals surface area contributed by atoms with Crippen LogP contribution in [0.4, 0.5) is 4.39 Å². The molecule has 3 nitrogen and oxygen atoms in total. The van der Waals surface area contributed by atoms with Gasteiger partial charge < -0.3 is 0 Å². The summed E-state index contributed by atoms with van der Waals surface area (Å²) >= 11 is 0. The van der Waals surface area contributed by atoms with Crippen molar-refractivity contribution in [2.45, 2.75) is 38.6 Å². The molecule has 0 saturated carbocycles. The van der Waals surface area contributed by atoms with Gasteiger partial charge in [-0.3, -0.25) is 0 Å². The zero-order chi connectivity index (χ0) is 16.5. The van der Waals surface area contributed by atoms with Crippen LogP contribution in [0.15, 0.2) is 41.3 Å². The molecule has 2 rings (SSSR count). The lowest BCUT2D eigenvalue weighted by atomic mass is 10.0. The minimum Gasteiger partial charge on any atom is -0.207 e. The molecule has 0 amide bonds. The summed E-state index contributed by atoms with van der Waals surface area (Å²) in [5.74, 6) is -0.446. The van der Waals surface area contributed by atoms with Gasteiger partial charge >= 0.3 is 0 Å². The van der Waals surface area contributed by atoms with Crippen molar-refractivity contribution in [2.75, 3.05) is 0 Å². The molecule has 0 radical (unpaired) electrons. The molecule has 2 aromatic carbocycles. The summed E-state index contributed by atoms with van der Waals surface area (Å²) in [5, 5.41) is 0. The Morgan fingerprint density at radius 1 is 0.955 bits per heavy atom. The highest BCUT2D eigenvalue weighted by atomic mass is 32.2. The van der Waals surface area contributed by atoms with Gasteiger partial charge in [0.1, 0.15) is 5.82 Å². The summed E-state index contributed by atoms with van der Waals surface area (Å²) < 4.78 is 40.7. The highest BCUT2D eigenvalue weighted by molar-refractivity contribution is 7.89. The minimum atomic E-state index is -3.69. The van der Waals surface area contributed by atoms with E-state index in [1.807, 2.05) is 32.0 Å². The maximum absolute atomic E-state index is 13.1. The minimum absolute atomic E-state index is 0.101. The van der Waals surface area contributed by atoms with Crippen LogP contribution in [-0.2, 0) is 10.0 Å². The molecule has 0 saturated heterocycles. The second kappa shape index (κ2) is 6.18. The molecule has 118 valence electrons. The van der Waals surface area contributed by atoms with E-state index in [1.165, 1.54) is 12.1 Å². The van der Waals surface area contributed by atoms with E-state index in [1.54, 1.807) is 13.8 Å². The lowest BCUT2D eigenvalue weighted by Gasteiger charge is -2.17. The molecule has 0 bridgehead atoms. The van der Waals surface area contributed by atoms with Crippen molar-refractivity contribution in [3.63, 3.8) is 0 Å². The van der Waals surface area contributed by atoms with E-state index < -0.39 is 15.8 Å². The number of hydrogen-bond donors (Lipinski definition) is 1. The van der Waals surface area contributed by atoms with Crippen molar-refractivity contribution in [3.05, 3.63) is 64.5 Å². The highest BCUT2D eigenvalue weighted by Crippen LogP contribution is 2.21. The van der Waals surface area contributed by atoms with Crippen LogP contribution in [0.1, 0.15) is 35.2 Å². The van der Waals surface area contributed by atoms with Gasteiger partial charge in [-0.2, -0.15) is 0 Å². The Hall–Kier alpha value is -1.72. The molecule has 0 aliphatic rings. The van der Waals surface area contributed by atoms with Crippen LogP contribution in [0, 0.1) is 26.6 Å². The van der Waals surface area contributed by atoms with Crippen molar-refractivity contribution < 1.29 is 12.8 Å². The number of halogens is 1. The Kier molecular flexibility index (Phi) is 4.68. The summed E-state index contributed by atoms with van der Waals surface area (Å²) in [6.45, 7) is 7.37. The van der Waals surface area contributed by atoms with E-state index in [0.29, 0.717) is 5.56 Å². The molecule has 5 heteroatoms. The van der Waals surface area contributed by atoms with Gasteiger partial charge in [0.05, 0.1) is 4.90 Å². The van der Waals surface area contributed by atoms with Crippen molar-refractivity contribution in [1.82, 2.24) is 4.72 Å². The molecule has 2 aromatic rings. The number of benzene rings is 2. The highest BCUT2D eigenvalue weighted by Gasteiger charge is 2.20. The third-order valence-electron chi connectivity index (χ3n) is 3.79. The normalized spacial score (nSPS) is 13.1. The monoisotopic (exact) mass is 321 g/mol. The first-order valence-electron chi connectivity index (χ1n) is 7.06. The molecule has 0 aliphatic heterocycles. The Morgan fingerprint density at radius 3 is 2.23 bits per heavy atom. The maximum Gasteiger partial charge on any atom is 0.241 e. The zero-order valence-electron chi connectivity index (χ0n) is 13.1. The maximum atomic E-state index is 13.1. The zero-order valence-corrected chi connectivity index (χ0v) is 14.0. The number of sulfonamides is 1. The van der Waals surface area contributed by atoms with Crippen LogP contribution >= 0.6 is 0 Å². The van der Waals surface area contributed by atoms with Gasteiger partial charge in [-0.15, -0.1) is 0 Å². The smallest absolute Gasteiger partial charge is 0.207 e. The second-order valence-corrected chi connectivity index (χ2v) is 7.28. The number of nitrogens with one attached hydrogen (secondary N) is 1. The fourth-order valence-electron chi connectivity index (χ4n) is 2.31. The van der Waals surface area contributed by atoms with E-state index in [4.69, 9.17) is 0 Å². The molecular formula is C17H20FNO2S. The first kappa shape index (κ1) is 16.6. The van der Waals surface area contributed by atoms with Crippen LogP contribution in [0.25, 0.3) is 0 Å². The average molecular weight is 321 g/mol. The van der Waals surface area contributed by atoms with Gasteiger partial charge in [0, 0.05) is 6.04 Å². The van der Waals surface area contributed by atoms with Crippen molar-refractivity contribution in [1.29, 1.82) is 0 Å². The van der Waals surface area contributed by atoms with Crippen LogP contribution in [0.2, 0.25) is 0 Å². The second-order valence-electron chi connectivity index (χ2n) is 5.60. The van der Waals surface area contributed by atoms with E-state index in [-0.39, 0.29) is 10.9 Å². The van der Waals surface area contributed by atoms with E-state index in [0.717, 1.165) is 22.8 Å². The van der Waals surface area contributed by atoms with Crippen molar-refractivity contribution >= 4 is 10.0 Å². The Labute approximate surface area is 131 Å². The van der Waals surface area contributed by atoms with Gasteiger partial charge in [0.2, 0.25) is 10.0 Å².